The maximum Gasteiger partial charge on any atom is 0.213 e. The maximum absolute atomic E-state index is 5.86. The minimum Gasteiger partial charge on any atom is -0.472 e. The Morgan fingerprint density at radius 3 is 2.53 bits per heavy atom. The Kier molecular flexibility index (Phi) is 4.94. The highest BCUT2D eigenvalue weighted by molar-refractivity contribution is 5.25. The minimum atomic E-state index is -0.150. The lowest BCUT2D eigenvalue weighted by Gasteiger charge is -2.24. The van der Waals surface area contributed by atoms with Gasteiger partial charge in [-0.2, -0.15) is 0 Å². The average molecular weight is 236 g/mol. The summed E-state index contributed by atoms with van der Waals surface area (Å²) >= 11 is 0. The molecule has 1 aromatic heterocycles. The zero-order chi connectivity index (χ0) is 12.9. The van der Waals surface area contributed by atoms with Crippen molar-refractivity contribution in [1.82, 2.24) is 10.3 Å². The summed E-state index contributed by atoms with van der Waals surface area (Å²) in [4.78, 5) is 4.50. The summed E-state index contributed by atoms with van der Waals surface area (Å²) in [6, 6.07) is 4.04. The molecule has 17 heavy (non-hydrogen) atoms. The van der Waals surface area contributed by atoms with Crippen molar-refractivity contribution in [1.29, 1.82) is 0 Å². The van der Waals surface area contributed by atoms with Gasteiger partial charge in [-0.3, -0.25) is 0 Å². The molecule has 0 aromatic carbocycles. The molecule has 3 heteroatoms. The topological polar surface area (TPSA) is 34.1 Å². The summed E-state index contributed by atoms with van der Waals surface area (Å²) in [7, 11) is 0. The molecular weight excluding hydrogens is 212 g/mol. The fraction of sp³-hybridized carbons (Fsp3) is 0.643. The zero-order valence-corrected chi connectivity index (χ0v) is 11.6. The molecule has 1 N–H and O–H groups in total. The van der Waals surface area contributed by atoms with E-state index < -0.39 is 0 Å². The van der Waals surface area contributed by atoms with Crippen LogP contribution in [0.5, 0.6) is 5.88 Å². The van der Waals surface area contributed by atoms with E-state index in [2.05, 4.69) is 44.1 Å². The number of hydrogen-bond donors (Lipinski definition) is 1. The highest BCUT2D eigenvalue weighted by atomic mass is 16.5. The number of rotatable bonds is 6. The lowest BCUT2D eigenvalue weighted by atomic mass is 10.1. The molecule has 0 fully saturated rings. The molecule has 1 aromatic rings. The van der Waals surface area contributed by atoms with Crippen molar-refractivity contribution in [3.05, 3.63) is 23.4 Å². The van der Waals surface area contributed by atoms with Gasteiger partial charge >= 0.3 is 0 Å². The second-order valence-electron chi connectivity index (χ2n) is 4.89. The predicted molar refractivity (Wildman–Crippen MR) is 71.4 cm³/mol. The monoisotopic (exact) mass is 236 g/mol. The molecule has 0 aliphatic rings. The van der Waals surface area contributed by atoms with Crippen molar-refractivity contribution >= 4 is 0 Å². The van der Waals surface area contributed by atoms with Crippen LogP contribution >= 0.6 is 0 Å². The smallest absolute Gasteiger partial charge is 0.213 e. The Labute approximate surface area is 105 Å². The normalized spacial score (nSPS) is 11.6. The van der Waals surface area contributed by atoms with Gasteiger partial charge in [0.2, 0.25) is 5.88 Å². The molecule has 0 aliphatic heterocycles. The first kappa shape index (κ1) is 14.0. The van der Waals surface area contributed by atoms with Crippen LogP contribution < -0.4 is 10.1 Å². The van der Waals surface area contributed by atoms with Gasteiger partial charge in [0.1, 0.15) is 5.60 Å². The van der Waals surface area contributed by atoms with Crippen LogP contribution in [0, 0.1) is 6.92 Å². The van der Waals surface area contributed by atoms with E-state index in [1.807, 2.05) is 13.0 Å². The number of nitrogens with zero attached hydrogens (tertiary/aromatic N) is 1. The van der Waals surface area contributed by atoms with Crippen LogP contribution in [0.3, 0.4) is 0 Å². The van der Waals surface area contributed by atoms with Crippen LogP contribution in [0.2, 0.25) is 0 Å². The molecule has 1 rings (SSSR count). The van der Waals surface area contributed by atoms with Gasteiger partial charge in [0, 0.05) is 18.3 Å². The number of ether oxygens (including phenoxy) is 1. The Bertz CT molecular complexity index is 361. The number of nitrogens with one attached hydrogen (secondary N) is 1. The second kappa shape index (κ2) is 6.01. The Morgan fingerprint density at radius 1 is 1.29 bits per heavy atom. The largest absolute Gasteiger partial charge is 0.472 e. The first-order chi connectivity index (χ1) is 7.98. The van der Waals surface area contributed by atoms with Gasteiger partial charge in [0.25, 0.3) is 0 Å². The molecule has 1 heterocycles. The van der Waals surface area contributed by atoms with Gasteiger partial charge in [-0.15, -0.1) is 0 Å². The van der Waals surface area contributed by atoms with Crippen LogP contribution in [0.25, 0.3) is 0 Å². The van der Waals surface area contributed by atoms with E-state index in [9.17, 15) is 0 Å². The summed E-state index contributed by atoms with van der Waals surface area (Å²) in [6.07, 6.45) is 0.965. The Morgan fingerprint density at radius 2 is 2.00 bits per heavy atom. The fourth-order valence-electron chi connectivity index (χ4n) is 1.43. The highest BCUT2D eigenvalue weighted by Gasteiger charge is 2.17. The Hall–Kier alpha value is -1.09. The molecule has 0 radical (unpaired) electrons. The van der Waals surface area contributed by atoms with E-state index in [4.69, 9.17) is 4.74 Å². The number of aryl methyl sites for hydroxylation is 1. The third-order valence-electron chi connectivity index (χ3n) is 2.97. The van der Waals surface area contributed by atoms with Crippen LogP contribution in [0.4, 0.5) is 0 Å². The highest BCUT2D eigenvalue weighted by Crippen LogP contribution is 2.20. The quantitative estimate of drug-likeness (QED) is 0.824. The lowest BCUT2D eigenvalue weighted by molar-refractivity contribution is 0.0988. The lowest BCUT2D eigenvalue weighted by Crippen LogP contribution is -2.27. The Balaban J connectivity index is 2.75. The minimum absolute atomic E-state index is 0.150. The van der Waals surface area contributed by atoms with Crippen LogP contribution in [0.15, 0.2) is 12.1 Å². The number of hydrogen-bond acceptors (Lipinski definition) is 3. The summed E-state index contributed by atoms with van der Waals surface area (Å²) < 4.78 is 5.86. The van der Waals surface area contributed by atoms with Crippen molar-refractivity contribution in [2.24, 2.45) is 0 Å². The van der Waals surface area contributed by atoms with Crippen molar-refractivity contribution in [2.75, 3.05) is 6.54 Å². The standard InChI is InChI=1S/C14H24N2O/c1-6-14(4,5)17-13-9-8-12(10-15-7-2)11(3)16-13/h8-9,15H,6-7,10H2,1-5H3. The van der Waals surface area contributed by atoms with E-state index in [-0.39, 0.29) is 5.60 Å². The van der Waals surface area contributed by atoms with Gasteiger partial charge in [-0.05, 0) is 39.3 Å². The molecule has 0 bridgehead atoms. The summed E-state index contributed by atoms with van der Waals surface area (Å²) in [5.41, 5.74) is 2.12. The molecule has 0 saturated heterocycles. The van der Waals surface area contributed by atoms with Crippen LogP contribution in [-0.4, -0.2) is 17.1 Å². The predicted octanol–water partition coefficient (Wildman–Crippen LogP) is 3.07. The van der Waals surface area contributed by atoms with E-state index in [1.165, 1.54) is 5.56 Å². The first-order valence-electron chi connectivity index (χ1n) is 6.34. The van der Waals surface area contributed by atoms with Gasteiger partial charge in [0.05, 0.1) is 0 Å². The van der Waals surface area contributed by atoms with Crippen molar-refractivity contribution in [2.45, 2.75) is 53.2 Å². The molecule has 0 atom stereocenters. The zero-order valence-electron chi connectivity index (χ0n) is 11.6. The molecule has 0 unspecified atom stereocenters. The maximum atomic E-state index is 5.86. The molecule has 0 aliphatic carbocycles. The van der Waals surface area contributed by atoms with Crippen molar-refractivity contribution in [3.8, 4) is 5.88 Å². The van der Waals surface area contributed by atoms with Crippen molar-refractivity contribution < 1.29 is 4.74 Å². The first-order valence-corrected chi connectivity index (χ1v) is 6.34. The SMILES string of the molecule is CCNCc1ccc(OC(C)(C)CC)nc1C. The summed E-state index contributed by atoms with van der Waals surface area (Å²) in [5, 5.41) is 3.30. The van der Waals surface area contributed by atoms with Gasteiger partial charge in [-0.1, -0.05) is 19.9 Å². The van der Waals surface area contributed by atoms with Gasteiger partial charge < -0.3 is 10.1 Å². The third-order valence-corrected chi connectivity index (χ3v) is 2.97. The average Bonchev–Trinajstić information content (AvgIpc) is 2.27. The summed E-state index contributed by atoms with van der Waals surface area (Å²) in [5.74, 6) is 0.717. The second-order valence-corrected chi connectivity index (χ2v) is 4.89. The van der Waals surface area contributed by atoms with E-state index >= 15 is 0 Å². The fourth-order valence-corrected chi connectivity index (χ4v) is 1.43. The molecule has 0 amide bonds. The van der Waals surface area contributed by atoms with Gasteiger partial charge in [-0.25, -0.2) is 4.98 Å². The third kappa shape index (κ3) is 4.35. The number of aromatic nitrogens is 1. The molecule has 0 saturated carbocycles. The van der Waals surface area contributed by atoms with Crippen molar-refractivity contribution in [3.63, 3.8) is 0 Å². The van der Waals surface area contributed by atoms with E-state index in [0.29, 0.717) is 0 Å². The summed E-state index contributed by atoms with van der Waals surface area (Å²) in [6.45, 7) is 12.2. The molecule has 0 spiro atoms. The van der Waals surface area contributed by atoms with Crippen LogP contribution in [0.1, 0.15) is 45.4 Å². The molecule has 96 valence electrons. The van der Waals surface area contributed by atoms with Gasteiger partial charge in [0.15, 0.2) is 0 Å². The van der Waals surface area contributed by atoms with Crippen LogP contribution in [-0.2, 0) is 6.54 Å². The number of pyridine rings is 1. The molecule has 3 nitrogen and oxygen atoms in total. The van der Waals surface area contributed by atoms with E-state index in [0.717, 1.165) is 31.1 Å². The molecular formula is C14H24N2O. The van der Waals surface area contributed by atoms with E-state index in [1.54, 1.807) is 0 Å².